The molecule has 2 aromatic carbocycles. The lowest BCUT2D eigenvalue weighted by atomic mass is 10.2. The summed E-state index contributed by atoms with van der Waals surface area (Å²) in [5.41, 5.74) is 0.162. The average Bonchev–Trinajstić information content (AvgIpc) is 2.56. The third-order valence-corrected chi connectivity index (χ3v) is 2.99. The number of nitro groups is 4. The van der Waals surface area contributed by atoms with E-state index in [0.29, 0.717) is 0 Å². The van der Waals surface area contributed by atoms with E-state index in [4.69, 9.17) is 0 Å². The molecule has 2 aromatic rings. The minimum atomic E-state index is -1.86. The second-order valence-corrected chi connectivity index (χ2v) is 4.71. The van der Waals surface area contributed by atoms with Gasteiger partial charge in [-0.3, -0.25) is 40.5 Å². The van der Waals surface area contributed by atoms with E-state index in [0.717, 1.165) is 0 Å². The highest BCUT2D eigenvalue weighted by molar-refractivity contribution is 5.16. The largest absolute Gasteiger partial charge is 0.476 e. The van der Waals surface area contributed by atoms with Crippen molar-refractivity contribution in [1.82, 2.24) is 0 Å². The van der Waals surface area contributed by atoms with E-state index in [1.807, 2.05) is 0 Å². The summed E-state index contributed by atoms with van der Waals surface area (Å²) in [6.45, 7) is 0. The summed E-state index contributed by atoms with van der Waals surface area (Å²) < 4.78 is 0. The molecule has 136 valence electrons. The Balaban J connectivity index is 0.000000260. The molecule has 26 heavy (non-hydrogen) atoms. The maximum absolute atomic E-state index is 10.3. The summed E-state index contributed by atoms with van der Waals surface area (Å²) in [6.07, 6.45) is -3.72. The normalized spacial score (nSPS) is 9.92. The van der Waals surface area contributed by atoms with Crippen molar-refractivity contribution in [2.75, 3.05) is 0 Å². The van der Waals surface area contributed by atoms with Crippen LogP contribution in [-0.2, 0) is 0 Å². The van der Waals surface area contributed by atoms with Crippen LogP contribution in [0.5, 0.6) is 0 Å². The third kappa shape index (κ3) is 5.59. The molecule has 0 unspecified atom stereocenters. The summed E-state index contributed by atoms with van der Waals surface area (Å²) in [6, 6.07) is 14.8. The van der Waals surface area contributed by atoms with Gasteiger partial charge in [0.05, 0.1) is 0 Å². The lowest BCUT2D eigenvalue weighted by Gasteiger charge is -2.00. The van der Waals surface area contributed by atoms with E-state index in [2.05, 4.69) is 0 Å². The molecule has 0 bridgehead atoms. The summed E-state index contributed by atoms with van der Waals surface area (Å²) in [5.74, 6) is 0. The standard InChI is InChI=1S/2C7H6N2O4/c2*10-8(11)7(9(12)13)6-4-2-1-3-5-6/h2*1-5,7H. The van der Waals surface area contributed by atoms with Gasteiger partial charge in [0.2, 0.25) is 0 Å². The molecule has 0 aliphatic carbocycles. The first kappa shape index (κ1) is 20.1. The molecule has 0 aliphatic rings. The first-order valence-corrected chi connectivity index (χ1v) is 6.89. The summed E-state index contributed by atoms with van der Waals surface area (Å²) in [5, 5.41) is 41.2. The molecule has 0 fully saturated rings. The van der Waals surface area contributed by atoms with E-state index in [9.17, 15) is 40.5 Å². The van der Waals surface area contributed by atoms with Gasteiger partial charge in [-0.1, -0.05) is 36.4 Å². The van der Waals surface area contributed by atoms with Crippen molar-refractivity contribution in [3.63, 3.8) is 0 Å². The molecule has 12 heteroatoms. The smallest absolute Gasteiger partial charge is 0.258 e. The number of hydrogen-bond acceptors (Lipinski definition) is 8. The monoisotopic (exact) mass is 364 g/mol. The number of hydrogen-bond donors (Lipinski definition) is 0. The van der Waals surface area contributed by atoms with E-state index in [1.165, 1.54) is 48.5 Å². The van der Waals surface area contributed by atoms with E-state index in [-0.39, 0.29) is 11.1 Å². The van der Waals surface area contributed by atoms with Crippen LogP contribution >= 0.6 is 0 Å². The lowest BCUT2D eigenvalue weighted by Crippen LogP contribution is -2.19. The van der Waals surface area contributed by atoms with Crippen LogP contribution in [0.2, 0.25) is 0 Å². The number of rotatable bonds is 6. The zero-order valence-corrected chi connectivity index (χ0v) is 13.0. The molecule has 0 radical (unpaired) electrons. The first-order chi connectivity index (χ1) is 12.3. The molecule has 0 aliphatic heterocycles. The molecule has 0 heterocycles. The molecule has 0 spiro atoms. The summed E-state index contributed by atoms with van der Waals surface area (Å²) in [7, 11) is 0. The van der Waals surface area contributed by atoms with Gasteiger partial charge in [0.15, 0.2) is 0 Å². The lowest BCUT2D eigenvalue weighted by molar-refractivity contribution is -0.752. The van der Waals surface area contributed by atoms with Gasteiger partial charge in [0.1, 0.15) is 30.8 Å². The summed E-state index contributed by atoms with van der Waals surface area (Å²) >= 11 is 0. The molecule has 0 aromatic heterocycles. The number of nitrogens with zero attached hydrogens (tertiary/aromatic N) is 4. The van der Waals surface area contributed by atoms with Gasteiger partial charge < -0.3 is 0 Å². The molecule has 12 nitrogen and oxygen atoms in total. The van der Waals surface area contributed by atoms with E-state index < -0.39 is 32.0 Å². The second-order valence-electron chi connectivity index (χ2n) is 4.71. The fourth-order valence-corrected chi connectivity index (χ4v) is 1.89. The van der Waals surface area contributed by atoms with Gasteiger partial charge >= 0.3 is 12.3 Å². The SMILES string of the molecule is O=[N+]([O-])C(c1ccccc1)[N+](=O)[O-].O=[N+]([O-])C(c1ccccc1)[N+](=O)[O-]. The third-order valence-electron chi connectivity index (χ3n) is 2.99. The van der Waals surface area contributed by atoms with Crippen LogP contribution in [0.25, 0.3) is 0 Å². The first-order valence-electron chi connectivity index (χ1n) is 6.89. The zero-order chi connectivity index (χ0) is 19.7. The van der Waals surface area contributed by atoms with Gasteiger partial charge in [-0.2, -0.15) is 0 Å². The Labute approximate surface area is 145 Å². The Hall–Kier alpha value is -3.96. The van der Waals surface area contributed by atoms with Gasteiger partial charge in [-0.15, -0.1) is 0 Å². The Kier molecular flexibility index (Phi) is 7.23. The number of benzene rings is 2. The van der Waals surface area contributed by atoms with Crippen LogP contribution < -0.4 is 0 Å². The maximum atomic E-state index is 10.3. The highest BCUT2D eigenvalue weighted by Gasteiger charge is 2.34. The Morgan fingerprint density at radius 1 is 0.500 bits per heavy atom. The van der Waals surface area contributed by atoms with Gasteiger partial charge in [0.25, 0.3) is 0 Å². The van der Waals surface area contributed by atoms with Gasteiger partial charge in [-0.25, -0.2) is 0 Å². The average molecular weight is 364 g/mol. The van der Waals surface area contributed by atoms with Crippen molar-refractivity contribution in [2.24, 2.45) is 0 Å². The zero-order valence-electron chi connectivity index (χ0n) is 13.0. The summed E-state index contributed by atoms with van der Waals surface area (Å²) in [4.78, 5) is 37.5. The fourth-order valence-electron chi connectivity index (χ4n) is 1.89. The van der Waals surface area contributed by atoms with Crippen LogP contribution in [0.15, 0.2) is 60.7 Å². The molecule has 0 saturated heterocycles. The van der Waals surface area contributed by atoms with Crippen LogP contribution in [0, 0.1) is 40.5 Å². The van der Waals surface area contributed by atoms with Gasteiger partial charge in [-0.05, 0) is 24.3 Å². The molecule has 0 N–H and O–H groups in total. The Bertz CT molecular complexity index is 689. The fraction of sp³-hybridized carbons (Fsp3) is 0.143. The minimum Gasteiger partial charge on any atom is -0.258 e. The van der Waals surface area contributed by atoms with Gasteiger partial charge in [0, 0.05) is 0 Å². The van der Waals surface area contributed by atoms with Crippen LogP contribution in [-0.4, -0.2) is 19.7 Å². The van der Waals surface area contributed by atoms with Crippen LogP contribution in [0.3, 0.4) is 0 Å². The predicted molar refractivity (Wildman–Crippen MR) is 86.3 cm³/mol. The minimum absolute atomic E-state index is 0.0810. The predicted octanol–water partition coefficient (Wildman–Crippen LogP) is 2.48. The Morgan fingerprint density at radius 3 is 0.923 bits per heavy atom. The van der Waals surface area contributed by atoms with E-state index >= 15 is 0 Å². The molecular formula is C14H12N4O8. The topological polar surface area (TPSA) is 173 Å². The molecular weight excluding hydrogens is 352 g/mol. The van der Waals surface area contributed by atoms with Crippen molar-refractivity contribution in [2.45, 2.75) is 12.3 Å². The van der Waals surface area contributed by atoms with Crippen molar-refractivity contribution in [3.8, 4) is 0 Å². The highest BCUT2D eigenvalue weighted by Crippen LogP contribution is 2.16. The maximum Gasteiger partial charge on any atom is 0.476 e. The highest BCUT2D eigenvalue weighted by atomic mass is 16.7. The van der Waals surface area contributed by atoms with Crippen LogP contribution in [0.1, 0.15) is 23.5 Å². The molecule has 0 atom stereocenters. The molecule has 0 amide bonds. The van der Waals surface area contributed by atoms with Crippen molar-refractivity contribution >= 4 is 0 Å². The van der Waals surface area contributed by atoms with Crippen molar-refractivity contribution in [1.29, 1.82) is 0 Å². The molecule has 0 saturated carbocycles. The van der Waals surface area contributed by atoms with E-state index in [1.54, 1.807) is 12.1 Å². The van der Waals surface area contributed by atoms with Crippen molar-refractivity contribution in [3.05, 3.63) is 112 Å². The van der Waals surface area contributed by atoms with Crippen LogP contribution in [0.4, 0.5) is 0 Å². The molecule has 2 rings (SSSR count). The Morgan fingerprint density at radius 2 is 0.731 bits per heavy atom. The second kappa shape index (κ2) is 9.36. The van der Waals surface area contributed by atoms with Crippen molar-refractivity contribution < 1.29 is 19.7 Å². The quantitative estimate of drug-likeness (QED) is 0.427.